The smallest absolute Gasteiger partial charge is 0.243 e. The summed E-state index contributed by atoms with van der Waals surface area (Å²) in [6.45, 7) is 7.94. The number of ether oxygens (including phenoxy) is 1. The van der Waals surface area contributed by atoms with Crippen molar-refractivity contribution in [1.82, 2.24) is 39.8 Å². The lowest BCUT2D eigenvalue weighted by atomic mass is 9.95. The van der Waals surface area contributed by atoms with Crippen LogP contribution in [0.15, 0.2) is 79.1 Å². The highest BCUT2D eigenvalue weighted by molar-refractivity contribution is 6.00. The third kappa shape index (κ3) is 6.05. The first kappa shape index (κ1) is 33.2. The first-order valence-electron chi connectivity index (χ1n) is 19.2. The number of benzene rings is 3. The van der Waals surface area contributed by atoms with Gasteiger partial charge in [-0.25, -0.2) is 14.6 Å². The number of nitrogens with two attached hydrogens (primary N) is 1. The van der Waals surface area contributed by atoms with Gasteiger partial charge in [-0.2, -0.15) is 5.10 Å². The molecule has 13 heteroatoms. The molecule has 0 saturated carbocycles. The number of para-hydroxylation sites is 1. The number of nitrogen functional groups attached to an aromatic ring is 1. The lowest BCUT2D eigenvalue weighted by Crippen LogP contribution is -2.70. The number of fused-ring (bicyclic) bond motifs is 2. The fourth-order valence-electron chi connectivity index (χ4n) is 9.02. The van der Waals surface area contributed by atoms with E-state index in [0.717, 1.165) is 99.0 Å². The van der Waals surface area contributed by atoms with Crippen LogP contribution in [0.1, 0.15) is 42.9 Å². The SMILES string of the molecule is Nc1ncnc2c1c(-c1ccc(Oc3ccccc3)cc1)nn2C1CCN(C2CN(C3CN(c4ccc5c(c4)CN(C4CCC(=O)NC4=O)C5)C3)C2)CC1. The minimum atomic E-state index is -0.222. The van der Waals surface area contributed by atoms with Gasteiger partial charge in [0.15, 0.2) is 5.65 Å². The third-order valence-corrected chi connectivity index (χ3v) is 12.2. The van der Waals surface area contributed by atoms with Gasteiger partial charge < -0.3 is 15.4 Å². The van der Waals surface area contributed by atoms with Crippen LogP contribution in [0.5, 0.6) is 11.5 Å². The van der Waals surface area contributed by atoms with Gasteiger partial charge in [0.05, 0.1) is 17.5 Å². The summed E-state index contributed by atoms with van der Waals surface area (Å²) in [6, 6.07) is 25.7. The van der Waals surface area contributed by atoms with Gasteiger partial charge in [0, 0.05) is 82.1 Å². The monoisotopic (exact) mass is 724 g/mol. The molecule has 276 valence electrons. The Morgan fingerprint density at radius 3 is 2.26 bits per heavy atom. The molecule has 13 nitrogen and oxygen atoms in total. The molecule has 10 rings (SSSR count). The molecule has 2 aromatic heterocycles. The van der Waals surface area contributed by atoms with Crippen LogP contribution in [0.2, 0.25) is 0 Å². The average molecular weight is 725 g/mol. The van der Waals surface area contributed by atoms with Crippen molar-refractivity contribution in [2.24, 2.45) is 0 Å². The summed E-state index contributed by atoms with van der Waals surface area (Å²) in [6.07, 6.45) is 4.58. The summed E-state index contributed by atoms with van der Waals surface area (Å²) < 4.78 is 8.10. The van der Waals surface area contributed by atoms with Gasteiger partial charge in [-0.3, -0.25) is 29.6 Å². The van der Waals surface area contributed by atoms with E-state index >= 15 is 0 Å². The third-order valence-electron chi connectivity index (χ3n) is 12.2. The van der Waals surface area contributed by atoms with Crippen molar-refractivity contribution in [3.05, 3.63) is 90.3 Å². The molecule has 0 spiro atoms. The van der Waals surface area contributed by atoms with Crippen LogP contribution < -0.4 is 20.7 Å². The predicted molar refractivity (Wildman–Crippen MR) is 205 cm³/mol. The predicted octanol–water partition coefficient (Wildman–Crippen LogP) is 4.20. The van der Waals surface area contributed by atoms with E-state index in [9.17, 15) is 9.59 Å². The van der Waals surface area contributed by atoms with Crippen molar-refractivity contribution in [2.75, 3.05) is 49.9 Å². The number of hydrogen-bond donors (Lipinski definition) is 2. The topological polar surface area (TPSA) is 138 Å². The Balaban J connectivity index is 0.728. The number of hydrogen-bond acceptors (Lipinski definition) is 11. The Morgan fingerprint density at radius 1 is 0.741 bits per heavy atom. The molecule has 0 bridgehead atoms. The number of carbonyl (C=O) groups excluding carboxylic acids is 2. The second kappa shape index (κ2) is 13.5. The standard InChI is InChI=1S/C41H44N10O3/c42-39-37-38(26-7-10-34(11-8-26)54-33-4-2-1-3-5-33)46-51(40(37)44-25-43-39)29-14-16-47(17-15-29)31-21-49(22-31)32-23-48(24-32)30-9-6-27-19-50(20-28(27)18-30)35-12-13-36(52)45-41(35)53/h1-11,18,25,29,31-32,35H,12-17,19-24H2,(H2,42,43,44)(H,45,52,53). The van der Waals surface area contributed by atoms with Crippen LogP contribution in [0.25, 0.3) is 22.3 Å². The molecule has 0 aliphatic carbocycles. The Kier molecular flexibility index (Phi) is 8.30. The normalized spacial score (nSPS) is 21.9. The summed E-state index contributed by atoms with van der Waals surface area (Å²) in [4.78, 5) is 43.1. The largest absolute Gasteiger partial charge is 0.457 e. The molecule has 54 heavy (non-hydrogen) atoms. The van der Waals surface area contributed by atoms with Crippen LogP contribution >= 0.6 is 0 Å². The Bertz CT molecular complexity index is 2210. The fraction of sp³-hybridized carbons (Fsp3) is 0.390. The molecule has 4 saturated heterocycles. The highest BCUT2D eigenvalue weighted by Gasteiger charge is 2.42. The van der Waals surface area contributed by atoms with Gasteiger partial charge in [0.1, 0.15) is 29.3 Å². The number of amides is 2. The van der Waals surface area contributed by atoms with Crippen molar-refractivity contribution >= 4 is 34.4 Å². The number of carbonyl (C=O) groups is 2. The van der Waals surface area contributed by atoms with Gasteiger partial charge in [-0.05, 0) is 78.9 Å². The summed E-state index contributed by atoms with van der Waals surface area (Å²) in [5.74, 6) is 1.68. The van der Waals surface area contributed by atoms with Crippen molar-refractivity contribution in [3.8, 4) is 22.8 Å². The Hall–Kier alpha value is -5.37. The lowest BCUT2D eigenvalue weighted by molar-refractivity contribution is -0.137. The van der Waals surface area contributed by atoms with Crippen LogP contribution in [-0.2, 0) is 22.7 Å². The second-order valence-electron chi connectivity index (χ2n) is 15.4. The van der Waals surface area contributed by atoms with E-state index in [1.165, 1.54) is 23.1 Å². The maximum atomic E-state index is 12.4. The Morgan fingerprint density at radius 2 is 1.48 bits per heavy atom. The van der Waals surface area contributed by atoms with Gasteiger partial charge in [0.2, 0.25) is 11.8 Å². The molecular weight excluding hydrogens is 681 g/mol. The van der Waals surface area contributed by atoms with Crippen LogP contribution in [0, 0.1) is 0 Å². The molecule has 5 aliphatic heterocycles. The lowest BCUT2D eigenvalue weighted by Gasteiger charge is -2.55. The number of rotatable bonds is 8. The molecule has 1 atom stereocenters. The summed E-state index contributed by atoms with van der Waals surface area (Å²) in [7, 11) is 0. The molecule has 1 unspecified atom stereocenters. The molecule has 7 heterocycles. The van der Waals surface area contributed by atoms with Crippen molar-refractivity contribution in [1.29, 1.82) is 0 Å². The fourth-order valence-corrected chi connectivity index (χ4v) is 9.02. The molecular formula is C41H44N10O3. The van der Waals surface area contributed by atoms with Crippen molar-refractivity contribution in [2.45, 2.75) is 62.9 Å². The summed E-state index contributed by atoms with van der Waals surface area (Å²) in [5.41, 5.74) is 12.8. The summed E-state index contributed by atoms with van der Waals surface area (Å²) >= 11 is 0. The van der Waals surface area contributed by atoms with E-state index in [-0.39, 0.29) is 23.9 Å². The molecule has 2 amide bonds. The minimum Gasteiger partial charge on any atom is -0.457 e. The molecule has 4 fully saturated rings. The zero-order chi connectivity index (χ0) is 36.3. The summed E-state index contributed by atoms with van der Waals surface area (Å²) in [5, 5.41) is 8.44. The van der Waals surface area contributed by atoms with E-state index in [0.29, 0.717) is 30.7 Å². The quantitative estimate of drug-likeness (QED) is 0.223. The average Bonchev–Trinajstić information content (AvgIpc) is 3.75. The van der Waals surface area contributed by atoms with E-state index in [2.05, 4.69) is 57.8 Å². The highest BCUT2D eigenvalue weighted by atomic mass is 16.5. The molecule has 5 aliphatic rings. The zero-order valence-electron chi connectivity index (χ0n) is 30.2. The van der Waals surface area contributed by atoms with E-state index < -0.39 is 0 Å². The number of aromatic nitrogens is 4. The van der Waals surface area contributed by atoms with Crippen LogP contribution in [-0.4, -0.2) is 104 Å². The highest BCUT2D eigenvalue weighted by Crippen LogP contribution is 2.37. The number of piperidine rings is 2. The van der Waals surface area contributed by atoms with Gasteiger partial charge >= 0.3 is 0 Å². The van der Waals surface area contributed by atoms with E-state index in [1.807, 2.05) is 54.6 Å². The van der Waals surface area contributed by atoms with E-state index in [1.54, 1.807) is 0 Å². The number of nitrogens with one attached hydrogen (secondary N) is 1. The molecule has 3 aromatic carbocycles. The van der Waals surface area contributed by atoms with E-state index in [4.69, 9.17) is 15.6 Å². The van der Waals surface area contributed by atoms with Crippen LogP contribution in [0.4, 0.5) is 11.5 Å². The molecule has 0 radical (unpaired) electrons. The number of imide groups is 1. The van der Waals surface area contributed by atoms with Gasteiger partial charge in [-0.1, -0.05) is 24.3 Å². The Labute approximate surface area is 313 Å². The van der Waals surface area contributed by atoms with Gasteiger partial charge in [0.25, 0.3) is 0 Å². The minimum absolute atomic E-state index is 0.156. The van der Waals surface area contributed by atoms with Crippen molar-refractivity contribution < 1.29 is 14.3 Å². The molecule has 3 N–H and O–H groups in total. The van der Waals surface area contributed by atoms with Gasteiger partial charge in [-0.15, -0.1) is 0 Å². The maximum Gasteiger partial charge on any atom is 0.243 e. The second-order valence-corrected chi connectivity index (χ2v) is 15.4. The molecule has 5 aromatic rings. The first-order chi connectivity index (χ1) is 26.4. The van der Waals surface area contributed by atoms with Crippen molar-refractivity contribution in [3.63, 3.8) is 0 Å². The number of nitrogens with zero attached hydrogens (tertiary/aromatic N) is 8. The zero-order valence-corrected chi connectivity index (χ0v) is 30.2. The van der Waals surface area contributed by atoms with Crippen LogP contribution in [0.3, 0.4) is 0 Å². The number of anilines is 2. The first-order valence-corrected chi connectivity index (χ1v) is 19.2. The maximum absolute atomic E-state index is 12.4. The number of likely N-dealkylation sites (tertiary alicyclic amines) is 2.